The first-order chi connectivity index (χ1) is 12.7. The second-order valence-electron chi connectivity index (χ2n) is 6.22. The number of benzene rings is 2. The van der Waals surface area contributed by atoms with E-state index in [0.717, 1.165) is 3.97 Å². The number of carbonyl (C=O) groups is 2. The predicted molar refractivity (Wildman–Crippen MR) is 102 cm³/mol. The third-order valence-corrected chi connectivity index (χ3v) is 6.02. The maximum absolute atomic E-state index is 13.3. The van der Waals surface area contributed by atoms with Gasteiger partial charge in [0.15, 0.2) is 0 Å². The molecule has 3 rings (SSSR count). The Bertz CT molecular complexity index is 1150. The zero-order valence-electron chi connectivity index (χ0n) is 14.9. The number of hydrogen-bond acceptors (Lipinski definition) is 4. The summed E-state index contributed by atoms with van der Waals surface area (Å²) in [6, 6.07) is 12.8. The number of amides is 2. The van der Waals surface area contributed by atoms with E-state index in [1.165, 1.54) is 25.1 Å². The number of aryl methyl sites for hydroxylation is 1. The Hall–Kier alpha value is -3.13. The Morgan fingerprint density at radius 3 is 2.37 bits per heavy atom. The van der Waals surface area contributed by atoms with Crippen molar-refractivity contribution < 1.29 is 18.0 Å². The van der Waals surface area contributed by atoms with Crippen molar-refractivity contribution in [2.45, 2.75) is 25.3 Å². The Morgan fingerprint density at radius 1 is 1.11 bits per heavy atom. The van der Waals surface area contributed by atoms with Crippen LogP contribution in [0.2, 0.25) is 0 Å². The van der Waals surface area contributed by atoms with Crippen LogP contribution >= 0.6 is 0 Å². The molecule has 0 aliphatic carbocycles. The van der Waals surface area contributed by atoms with Crippen LogP contribution in [0.4, 0.5) is 0 Å². The third kappa shape index (κ3) is 3.43. The van der Waals surface area contributed by atoms with Gasteiger partial charge < -0.3 is 11.1 Å². The van der Waals surface area contributed by atoms with Gasteiger partial charge in [0, 0.05) is 17.9 Å². The lowest BCUT2D eigenvalue weighted by Crippen LogP contribution is -2.23. The van der Waals surface area contributed by atoms with E-state index in [1.54, 1.807) is 37.3 Å². The molecule has 1 aromatic heterocycles. The Morgan fingerprint density at radius 2 is 1.78 bits per heavy atom. The van der Waals surface area contributed by atoms with Gasteiger partial charge in [0.1, 0.15) is 0 Å². The first-order valence-electron chi connectivity index (χ1n) is 8.21. The van der Waals surface area contributed by atoms with E-state index in [2.05, 4.69) is 5.32 Å². The van der Waals surface area contributed by atoms with Crippen LogP contribution in [0.15, 0.2) is 53.4 Å². The lowest BCUT2D eigenvalue weighted by Gasteiger charge is -2.13. The van der Waals surface area contributed by atoms with Gasteiger partial charge in [-0.05, 0) is 42.8 Å². The summed E-state index contributed by atoms with van der Waals surface area (Å²) in [6.07, 6.45) is 0. The number of primary amides is 1. The van der Waals surface area contributed by atoms with Crippen LogP contribution in [-0.4, -0.2) is 24.2 Å². The average Bonchev–Trinajstić information content (AvgIpc) is 2.97. The van der Waals surface area contributed by atoms with E-state index in [4.69, 9.17) is 5.73 Å². The van der Waals surface area contributed by atoms with Gasteiger partial charge in [0.25, 0.3) is 10.0 Å². The second-order valence-corrected chi connectivity index (χ2v) is 8.00. The molecule has 1 heterocycles. The number of carbonyl (C=O) groups excluding carboxylic acids is 2. The molecule has 8 heteroatoms. The second kappa shape index (κ2) is 6.88. The Kier molecular flexibility index (Phi) is 4.75. The molecular formula is C19H19N3O4S. The molecule has 0 fully saturated rings. The number of aromatic nitrogens is 1. The molecule has 0 bridgehead atoms. The minimum Gasteiger partial charge on any atom is -0.366 e. The number of nitrogens with zero attached hydrogens (tertiary/aromatic N) is 1. The molecule has 0 spiro atoms. The van der Waals surface area contributed by atoms with Crippen molar-refractivity contribution in [3.8, 4) is 0 Å². The summed E-state index contributed by atoms with van der Waals surface area (Å²) >= 11 is 0. The van der Waals surface area contributed by atoms with E-state index in [-0.39, 0.29) is 22.9 Å². The normalized spacial score (nSPS) is 11.5. The maximum Gasteiger partial charge on any atom is 0.268 e. The molecule has 7 nitrogen and oxygen atoms in total. The fraction of sp³-hybridized carbons (Fsp3) is 0.158. The standard InChI is InChI=1S/C19H19N3O4S/c1-12-8-14-9-15(11-21-13(2)23)22(18(14)10-17(12)19(20)24)27(25,26)16-6-4-3-5-7-16/h3-10H,11H2,1-2H3,(H2,20,24)(H,21,23). The molecule has 0 saturated heterocycles. The first kappa shape index (κ1) is 18.7. The summed E-state index contributed by atoms with van der Waals surface area (Å²) in [5, 5.41) is 3.26. The molecule has 0 saturated carbocycles. The lowest BCUT2D eigenvalue weighted by atomic mass is 10.1. The highest BCUT2D eigenvalue weighted by Gasteiger charge is 2.24. The molecule has 3 aromatic rings. The minimum absolute atomic E-state index is 0.0288. The maximum atomic E-state index is 13.3. The topological polar surface area (TPSA) is 111 Å². The smallest absolute Gasteiger partial charge is 0.268 e. The summed E-state index contributed by atoms with van der Waals surface area (Å²) in [7, 11) is -3.94. The van der Waals surface area contributed by atoms with Crippen molar-refractivity contribution >= 4 is 32.7 Å². The Labute approximate surface area is 156 Å². The number of fused-ring (bicyclic) bond motifs is 1. The van der Waals surface area contributed by atoms with Crippen LogP contribution < -0.4 is 11.1 Å². The van der Waals surface area contributed by atoms with Crippen LogP contribution in [0.3, 0.4) is 0 Å². The highest BCUT2D eigenvalue weighted by molar-refractivity contribution is 7.90. The predicted octanol–water partition coefficient (Wildman–Crippen LogP) is 1.92. The molecule has 0 radical (unpaired) electrons. The van der Waals surface area contributed by atoms with E-state index in [0.29, 0.717) is 22.2 Å². The van der Waals surface area contributed by atoms with Gasteiger partial charge in [-0.15, -0.1) is 0 Å². The van der Waals surface area contributed by atoms with E-state index in [1.807, 2.05) is 0 Å². The molecular weight excluding hydrogens is 366 g/mol. The number of nitrogens with two attached hydrogens (primary N) is 1. The third-order valence-electron chi connectivity index (χ3n) is 4.24. The van der Waals surface area contributed by atoms with Crippen LogP contribution in [0.1, 0.15) is 28.5 Å². The molecule has 27 heavy (non-hydrogen) atoms. The van der Waals surface area contributed by atoms with Gasteiger partial charge in [-0.25, -0.2) is 12.4 Å². The molecule has 140 valence electrons. The molecule has 2 amide bonds. The number of rotatable bonds is 5. The largest absolute Gasteiger partial charge is 0.366 e. The summed E-state index contributed by atoms with van der Waals surface area (Å²) in [6.45, 7) is 3.12. The zero-order chi connectivity index (χ0) is 19.8. The molecule has 0 aliphatic heterocycles. The summed E-state index contributed by atoms with van der Waals surface area (Å²) < 4.78 is 27.7. The van der Waals surface area contributed by atoms with Crippen molar-refractivity contribution in [3.63, 3.8) is 0 Å². The fourth-order valence-electron chi connectivity index (χ4n) is 2.99. The van der Waals surface area contributed by atoms with Crippen molar-refractivity contribution in [1.82, 2.24) is 9.29 Å². The van der Waals surface area contributed by atoms with E-state index >= 15 is 0 Å². The number of nitrogens with one attached hydrogen (secondary N) is 1. The first-order valence-corrected chi connectivity index (χ1v) is 9.65. The lowest BCUT2D eigenvalue weighted by molar-refractivity contribution is -0.119. The van der Waals surface area contributed by atoms with Gasteiger partial charge in [-0.1, -0.05) is 18.2 Å². The molecule has 0 aliphatic rings. The minimum atomic E-state index is -3.94. The monoisotopic (exact) mass is 385 g/mol. The molecule has 3 N–H and O–H groups in total. The average molecular weight is 385 g/mol. The molecule has 0 atom stereocenters. The quantitative estimate of drug-likeness (QED) is 0.699. The molecule has 0 unspecified atom stereocenters. The van der Waals surface area contributed by atoms with Gasteiger partial charge in [-0.3, -0.25) is 9.59 Å². The highest BCUT2D eigenvalue weighted by Crippen LogP contribution is 2.28. The van der Waals surface area contributed by atoms with Gasteiger partial charge in [0.05, 0.1) is 22.7 Å². The van der Waals surface area contributed by atoms with Crippen LogP contribution in [0.5, 0.6) is 0 Å². The highest BCUT2D eigenvalue weighted by atomic mass is 32.2. The summed E-state index contributed by atoms with van der Waals surface area (Å²) in [4.78, 5) is 23.2. The SMILES string of the molecule is CC(=O)NCc1cc2cc(C)c(C(N)=O)cc2n1S(=O)(=O)c1ccccc1. The van der Waals surface area contributed by atoms with Gasteiger partial charge in [0.2, 0.25) is 11.8 Å². The summed E-state index contributed by atoms with van der Waals surface area (Å²) in [5.74, 6) is -0.916. The van der Waals surface area contributed by atoms with Crippen molar-refractivity contribution in [2.24, 2.45) is 5.73 Å². The van der Waals surface area contributed by atoms with Crippen molar-refractivity contribution in [2.75, 3.05) is 0 Å². The molecule has 2 aromatic carbocycles. The zero-order valence-corrected chi connectivity index (χ0v) is 15.7. The van der Waals surface area contributed by atoms with Crippen LogP contribution in [-0.2, 0) is 21.4 Å². The fourth-order valence-corrected chi connectivity index (χ4v) is 4.54. The number of hydrogen-bond donors (Lipinski definition) is 2. The van der Waals surface area contributed by atoms with Gasteiger partial charge in [-0.2, -0.15) is 0 Å². The van der Waals surface area contributed by atoms with E-state index in [9.17, 15) is 18.0 Å². The van der Waals surface area contributed by atoms with Crippen molar-refractivity contribution in [3.05, 3.63) is 65.4 Å². The van der Waals surface area contributed by atoms with Gasteiger partial charge >= 0.3 is 0 Å². The van der Waals surface area contributed by atoms with Crippen LogP contribution in [0, 0.1) is 6.92 Å². The summed E-state index contributed by atoms with van der Waals surface area (Å²) in [5.41, 5.74) is 7.03. The van der Waals surface area contributed by atoms with Crippen molar-refractivity contribution in [1.29, 1.82) is 0 Å². The van der Waals surface area contributed by atoms with Crippen LogP contribution in [0.25, 0.3) is 10.9 Å². The Balaban J connectivity index is 2.32. The van der Waals surface area contributed by atoms with E-state index < -0.39 is 15.9 Å².